The molecule has 0 bridgehead atoms. The molecule has 0 aliphatic heterocycles. The standard InChI is InChI=1S/C23H25NS/c1-14-7-10-16(11-8-14)21-18-13-15(2)9-12-19(18)24-23-22(21)17-5-3-4-6-20(17)25-23/h7-8,10-11,15H,3-6,9,12-13H2,1-2H3/t15-/m0/s1. The van der Waals surface area contributed by atoms with Crippen LogP contribution in [0.15, 0.2) is 24.3 Å². The number of hydrogen-bond donors (Lipinski definition) is 0. The molecule has 0 saturated carbocycles. The van der Waals surface area contributed by atoms with E-state index in [9.17, 15) is 0 Å². The summed E-state index contributed by atoms with van der Waals surface area (Å²) in [6.07, 6.45) is 8.79. The number of benzene rings is 1. The predicted octanol–water partition coefficient (Wildman–Crippen LogP) is 6.28. The van der Waals surface area contributed by atoms with E-state index in [1.54, 1.807) is 16.0 Å². The van der Waals surface area contributed by atoms with Gasteiger partial charge < -0.3 is 0 Å². The number of nitrogens with zero attached hydrogens (tertiary/aromatic N) is 1. The van der Waals surface area contributed by atoms with Crippen LogP contribution < -0.4 is 0 Å². The summed E-state index contributed by atoms with van der Waals surface area (Å²) in [5, 5.41) is 1.50. The van der Waals surface area contributed by atoms with Gasteiger partial charge in [0.05, 0.1) is 0 Å². The summed E-state index contributed by atoms with van der Waals surface area (Å²) in [4.78, 5) is 8.09. The maximum Gasteiger partial charge on any atom is 0.124 e. The molecule has 1 aromatic carbocycles. The molecule has 5 rings (SSSR count). The van der Waals surface area contributed by atoms with Gasteiger partial charge in [0.1, 0.15) is 4.83 Å². The summed E-state index contributed by atoms with van der Waals surface area (Å²) >= 11 is 1.97. The van der Waals surface area contributed by atoms with Crippen LogP contribution in [0.4, 0.5) is 0 Å². The molecule has 0 saturated heterocycles. The third kappa shape index (κ3) is 2.54. The van der Waals surface area contributed by atoms with E-state index >= 15 is 0 Å². The van der Waals surface area contributed by atoms with E-state index in [1.807, 2.05) is 11.3 Å². The molecular formula is C23H25NS. The van der Waals surface area contributed by atoms with Crippen LogP contribution in [0.2, 0.25) is 0 Å². The Morgan fingerprint density at radius 1 is 1.00 bits per heavy atom. The molecule has 1 nitrogen and oxygen atoms in total. The molecule has 2 aliphatic carbocycles. The second-order valence-electron chi connectivity index (χ2n) is 8.02. The van der Waals surface area contributed by atoms with E-state index in [0.717, 1.165) is 12.3 Å². The van der Waals surface area contributed by atoms with Crippen LogP contribution >= 0.6 is 11.3 Å². The van der Waals surface area contributed by atoms with Gasteiger partial charge in [0, 0.05) is 16.0 Å². The van der Waals surface area contributed by atoms with Crippen molar-refractivity contribution in [2.45, 2.75) is 58.8 Å². The fourth-order valence-electron chi connectivity index (χ4n) is 4.67. The lowest BCUT2D eigenvalue weighted by atomic mass is 9.81. The van der Waals surface area contributed by atoms with Crippen molar-refractivity contribution >= 4 is 21.6 Å². The van der Waals surface area contributed by atoms with Crippen molar-refractivity contribution in [3.63, 3.8) is 0 Å². The molecule has 0 amide bonds. The second kappa shape index (κ2) is 5.95. The van der Waals surface area contributed by atoms with Gasteiger partial charge in [-0.3, -0.25) is 0 Å². The van der Waals surface area contributed by atoms with Crippen LogP contribution in [-0.4, -0.2) is 4.98 Å². The van der Waals surface area contributed by atoms with Gasteiger partial charge in [-0.25, -0.2) is 4.98 Å². The van der Waals surface area contributed by atoms with Gasteiger partial charge in [-0.05, 0) is 80.0 Å². The smallest absolute Gasteiger partial charge is 0.124 e. The van der Waals surface area contributed by atoms with Crippen molar-refractivity contribution in [2.24, 2.45) is 5.92 Å². The summed E-state index contributed by atoms with van der Waals surface area (Å²) < 4.78 is 0. The minimum atomic E-state index is 0.769. The number of thiophene rings is 1. The lowest BCUT2D eigenvalue weighted by molar-refractivity contribution is 0.496. The van der Waals surface area contributed by atoms with Crippen LogP contribution in [0.3, 0.4) is 0 Å². The van der Waals surface area contributed by atoms with E-state index < -0.39 is 0 Å². The van der Waals surface area contributed by atoms with Gasteiger partial charge in [0.25, 0.3) is 0 Å². The lowest BCUT2D eigenvalue weighted by Crippen LogP contribution is -2.14. The monoisotopic (exact) mass is 347 g/mol. The van der Waals surface area contributed by atoms with Gasteiger partial charge in [-0.15, -0.1) is 11.3 Å². The van der Waals surface area contributed by atoms with Crippen molar-refractivity contribution in [3.8, 4) is 11.1 Å². The number of aryl methyl sites for hydroxylation is 4. The zero-order valence-electron chi connectivity index (χ0n) is 15.2. The van der Waals surface area contributed by atoms with Crippen LogP contribution in [0.25, 0.3) is 21.3 Å². The molecule has 2 heteroatoms. The largest absolute Gasteiger partial charge is 0.242 e. The maximum atomic E-state index is 5.18. The van der Waals surface area contributed by atoms with Crippen molar-refractivity contribution in [1.82, 2.24) is 4.98 Å². The first kappa shape index (κ1) is 15.6. The Morgan fingerprint density at radius 2 is 1.80 bits per heavy atom. The third-order valence-electron chi connectivity index (χ3n) is 6.06. The molecule has 2 aliphatic rings. The van der Waals surface area contributed by atoms with E-state index in [-0.39, 0.29) is 0 Å². The molecule has 0 spiro atoms. The van der Waals surface area contributed by atoms with Crippen molar-refractivity contribution in [1.29, 1.82) is 0 Å². The highest BCUT2D eigenvalue weighted by molar-refractivity contribution is 7.19. The Hall–Kier alpha value is -1.67. The molecule has 0 unspecified atom stereocenters. The molecule has 128 valence electrons. The average Bonchev–Trinajstić information content (AvgIpc) is 2.99. The summed E-state index contributed by atoms with van der Waals surface area (Å²) in [6, 6.07) is 9.19. The summed E-state index contributed by atoms with van der Waals surface area (Å²) in [5.74, 6) is 0.769. The summed E-state index contributed by atoms with van der Waals surface area (Å²) in [7, 11) is 0. The van der Waals surface area contributed by atoms with Gasteiger partial charge in [0.2, 0.25) is 0 Å². The molecule has 3 aromatic rings. The Balaban J connectivity index is 1.86. The fraction of sp³-hybridized carbons (Fsp3) is 0.435. The molecular weight excluding hydrogens is 322 g/mol. The minimum absolute atomic E-state index is 0.769. The normalized spacial score (nSPS) is 19.7. The lowest BCUT2D eigenvalue weighted by Gasteiger charge is -2.25. The predicted molar refractivity (Wildman–Crippen MR) is 108 cm³/mol. The Kier molecular flexibility index (Phi) is 3.71. The van der Waals surface area contributed by atoms with E-state index in [0.29, 0.717) is 0 Å². The van der Waals surface area contributed by atoms with E-state index in [1.165, 1.54) is 71.1 Å². The SMILES string of the molecule is Cc1ccc(-c2c3c(nc4sc5c(c24)CCCC5)CC[C@H](C)C3)cc1. The van der Waals surface area contributed by atoms with Crippen molar-refractivity contribution in [2.75, 3.05) is 0 Å². The Morgan fingerprint density at radius 3 is 2.64 bits per heavy atom. The average molecular weight is 348 g/mol. The first-order valence-corrected chi connectivity index (χ1v) is 10.6. The molecule has 25 heavy (non-hydrogen) atoms. The van der Waals surface area contributed by atoms with Gasteiger partial charge >= 0.3 is 0 Å². The van der Waals surface area contributed by atoms with Crippen molar-refractivity contribution in [3.05, 3.63) is 51.5 Å². The maximum absolute atomic E-state index is 5.18. The zero-order chi connectivity index (χ0) is 17.0. The topological polar surface area (TPSA) is 12.9 Å². The van der Waals surface area contributed by atoms with Gasteiger partial charge in [-0.2, -0.15) is 0 Å². The fourth-order valence-corrected chi connectivity index (χ4v) is 5.96. The van der Waals surface area contributed by atoms with E-state index in [4.69, 9.17) is 4.98 Å². The second-order valence-corrected chi connectivity index (χ2v) is 9.10. The van der Waals surface area contributed by atoms with Gasteiger partial charge in [-0.1, -0.05) is 36.8 Å². The van der Waals surface area contributed by atoms with Crippen LogP contribution in [0.1, 0.15) is 53.4 Å². The molecule has 0 fully saturated rings. The number of hydrogen-bond acceptors (Lipinski definition) is 2. The first-order valence-electron chi connectivity index (χ1n) is 9.73. The number of rotatable bonds is 1. The van der Waals surface area contributed by atoms with E-state index in [2.05, 4.69) is 38.1 Å². The minimum Gasteiger partial charge on any atom is -0.242 e. The van der Waals surface area contributed by atoms with Crippen molar-refractivity contribution < 1.29 is 0 Å². The van der Waals surface area contributed by atoms with Crippen LogP contribution in [0.5, 0.6) is 0 Å². The summed E-state index contributed by atoms with van der Waals surface area (Å²) in [5.41, 5.74) is 8.79. The number of aromatic nitrogens is 1. The van der Waals surface area contributed by atoms with Crippen LogP contribution in [0, 0.1) is 12.8 Å². The number of fused-ring (bicyclic) bond motifs is 4. The highest BCUT2D eigenvalue weighted by Crippen LogP contribution is 2.45. The van der Waals surface area contributed by atoms with Gasteiger partial charge in [0.15, 0.2) is 0 Å². The Labute approximate surface area is 154 Å². The summed E-state index contributed by atoms with van der Waals surface area (Å²) in [6.45, 7) is 4.57. The molecule has 1 atom stereocenters. The first-order chi connectivity index (χ1) is 12.2. The third-order valence-corrected chi connectivity index (χ3v) is 7.24. The molecule has 2 aromatic heterocycles. The molecule has 0 N–H and O–H groups in total. The highest BCUT2D eigenvalue weighted by atomic mass is 32.1. The van der Waals surface area contributed by atoms with Crippen LogP contribution in [-0.2, 0) is 25.7 Å². The molecule has 2 heterocycles. The zero-order valence-corrected chi connectivity index (χ0v) is 16.0. The highest BCUT2D eigenvalue weighted by Gasteiger charge is 2.27. The molecule has 0 radical (unpaired) electrons. The Bertz CT molecular complexity index is 949. The number of pyridine rings is 1. The quantitative estimate of drug-likeness (QED) is 0.505.